The lowest BCUT2D eigenvalue weighted by Gasteiger charge is -2.25. The van der Waals surface area contributed by atoms with E-state index >= 15 is 0 Å². The number of carbonyl (C=O) groups is 3. The van der Waals surface area contributed by atoms with E-state index in [1.54, 1.807) is 22.3 Å². The maximum Gasteiger partial charge on any atom is 0.328 e. The zero-order chi connectivity index (χ0) is 26.5. The number of hydrogen-bond acceptors (Lipinski definition) is 5. The van der Waals surface area contributed by atoms with E-state index < -0.39 is 17.9 Å². The number of fused-ring (bicyclic) bond motifs is 1. The number of nitrogens with zero attached hydrogens (tertiary/aromatic N) is 3. The summed E-state index contributed by atoms with van der Waals surface area (Å²) in [5.74, 6) is -0.972. The van der Waals surface area contributed by atoms with Crippen molar-refractivity contribution in [3.05, 3.63) is 102 Å². The third-order valence-corrected chi connectivity index (χ3v) is 6.80. The average Bonchev–Trinajstić information content (AvgIpc) is 3.56. The smallest absolute Gasteiger partial charge is 0.328 e. The van der Waals surface area contributed by atoms with Gasteiger partial charge >= 0.3 is 12.0 Å². The number of aromatic amines is 1. The van der Waals surface area contributed by atoms with Gasteiger partial charge in [-0.1, -0.05) is 72.8 Å². The molecule has 9 nitrogen and oxygen atoms in total. The highest BCUT2D eigenvalue weighted by Gasteiger charge is 2.40. The Morgan fingerprint density at radius 1 is 1.08 bits per heavy atom. The number of nitrogens with one attached hydrogen (secondary N) is 2. The predicted molar refractivity (Wildman–Crippen MR) is 142 cm³/mol. The lowest BCUT2D eigenvalue weighted by atomic mass is 9.98. The predicted octanol–water partition coefficient (Wildman–Crippen LogP) is 3.44. The van der Waals surface area contributed by atoms with Gasteiger partial charge in [-0.3, -0.25) is 4.79 Å². The maximum atomic E-state index is 13.6. The summed E-state index contributed by atoms with van der Waals surface area (Å²) in [4.78, 5) is 49.7. The number of esters is 1. The monoisotopic (exact) mass is 511 g/mol. The molecule has 3 amide bonds. The Labute approximate surface area is 220 Å². The van der Waals surface area contributed by atoms with Crippen LogP contribution >= 0.6 is 0 Å². The highest BCUT2D eigenvalue weighted by atomic mass is 16.5. The second-order valence-electron chi connectivity index (χ2n) is 9.28. The van der Waals surface area contributed by atoms with Gasteiger partial charge in [0.1, 0.15) is 12.6 Å². The van der Waals surface area contributed by atoms with Gasteiger partial charge in [0.25, 0.3) is 0 Å². The van der Waals surface area contributed by atoms with Crippen LogP contribution in [-0.2, 0) is 27.3 Å². The molecule has 9 heteroatoms. The largest absolute Gasteiger partial charge is 0.467 e. The zero-order valence-electron chi connectivity index (χ0n) is 21.0. The van der Waals surface area contributed by atoms with Gasteiger partial charge in [0.2, 0.25) is 5.91 Å². The fraction of sp³-hybridized carbons (Fsp3) is 0.241. The number of imidazole rings is 1. The molecule has 3 aromatic carbocycles. The number of ether oxygens (including phenoxy) is 1. The van der Waals surface area contributed by atoms with Crippen LogP contribution in [0.3, 0.4) is 0 Å². The van der Waals surface area contributed by atoms with Crippen molar-refractivity contribution in [2.24, 2.45) is 0 Å². The molecule has 2 unspecified atom stereocenters. The van der Waals surface area contributed by atoms with Gasteiger partial charge in [0.15, 0.2) is 0 Å². The van der Waals surface area contributed by atoms with E-state index in [-0.39, 0.29) is 25.0 Å². The Morgan fingerprint density at radius 3 is 2.61 bits per heavy atom. The molecule has 38 heavy (non-hydrogen) atoms. The van der Waals surface area contributed by atoms with Crippen LogP contribution in [0.15, 0.2) is 85.3 Å². The van der Waals surface area contributed by atoms with Gasteiger partial charge in [0.05, 0.1) is 31.7 Å². The molecule has 1 saturated heterocycles. The molecule has 2 atom stereocenters. The topological polar surface area (TPSA) is 108 Å². The number of H-pyrrole nitrogens is 1. The normalized spacial score (nSPS) is 16.0. The van der Waals surface area contributed by atoms with E-state index in [0.29, 0.717) is 13.1 Å². The van der Waals surface area contributed by atoms with Gasteiger partial charge in [-0.25, -0.2) is 14.6 Å². The third-order valence-electron chi connectivity index (χ3n) is 6.80. The SMILES string of the molecule is COC(=O)C(Cc1ccccc1)NC(=O)CN1C(=O)N(Cc2cnc[nH]2)CC1c1cccc2ccccc12. The first-order valence-electron chi connectivity index (χ1n) is 12.4. The van der Waals surface area contributed by atoms with Gasteiger partial charge in [-0.15, -0.1) is 0 Å². The number of amides is 3. The Kier molecular flexibility index (Phi) is 7.35. The van der Waals surface area contributed by atoms with E-state index in [4.69, 9.17) is 4.74 Å². The molecular formula is C29H29N5O4. The maximum absolute atomic E-state index is 13.6. The molecule has 0 bridgehead atoms. The lowest BCUT2D eigenvalue weighted by Crippen LogP contribution is -2.48. The molecule has 2 heterocycles. The molecule has 2 N–H and O–H groups in total. The summed E-state index contributed by atoms with van der Waals surface area (Å²) in [6.07, 6.45) is 3.54. The van der Waals surface area contributed by atoms with Crippen LogP contribution in [0.5, 0.6) is 0 Å². The van der Waals surface area contributed by atoms with Gasteiger partial charge in [-0.05, 0) is 21.9 Å². The van der Waals surface area contributed by atoms with Crippen LogP contribution in [0.2, 0.25) is 0 Å². The molecule has 0 saturated carbocycles. The van der Waals surface area contributed by atoms with Crippen molar-refractivity contribution in [3.63, 3.8) is 0 Å². The summed E-state index contributed by atoms with van der Waals surface area (Å²) in [7, 11) is 1.29. The van der Waals surface area contributed by atoms with E-state index in [2.05, 4.69) is 15.3 Å². The van der Waals surface area contributed by atoms with Crippen LogP contribution in [0.4, 0.5) is 4.79 Å². The first kappa shape index (κ1) is 25.0. The van der Waals surface area contributed by atoms with Gasteiger partial charge < -0.3 is 24.8 Å². The van der Waals surface area contributed by atoms with E-state index in [1.165, 1.54) is 7.11 Å². The second-order valence-corrected chi connectivity index (χ2v) is 9.28. The van der Waals surface area contributed by atoms with Crippen molar-refractivity contribution < 1.29 is 19.1 Å². The Bertz CT molecular complexity index is 1420. The molecule has 1 fully saturated rings. The Morgan fingerprint density at radius 2 is 1.84 bits per heavy atom. The van der Waals surface area contributed by atoms with Crippen LogP contribution < -0.4 is 5.32 Å². The quantitative estimate of drug-likeness (QED) is 0.335. The lowest BCUT2D eigenvalue weighted by molar-refractivity contribution is -0.145. The van der Waals surface area contributed by atoms with Gasteiger partial charge in [0, 0.05) is 19.2 Å². The number of hydrogen-bond donors (Lipinski definition) is 2. The molecule has 0 radical (unpaired) electrons. The molecule has 5 rings (SSSR count). The van der Waals surface area contributed by atoms with E-state index in [1.807, 2.05) is 72.8 Å². The van der Waals surface area contributed by atoms with E-state index in [9.17, 15) is 14.4 Å². The molecule has 0 aliphatic carbocycles. The number of benzene rings is 3. The molecule has 0 spiro atoms. The van der Waals surface area contributed by atoms with Crippen LogP contribution in [0, 0.1) is 0 Å². The zero-order valence-corrected chi connectivity index (χ0v) is 21.0. The van der Waals surface area contributed by atoms with Crippen molar-refractivity contribution in [1.82, 2.24) is 25.1 Å². The highest BCUT2D eigenvalue weighted by Crippen LogP contribution is 2.34. The van der Waals surface area contributed by atoms with E-state index in [0.717, 1.165) is 27.6 Å². The summed E-state index contributed by atoms with van der Waals surface area (Å²) < 4.78 is 4.94. The number of rotatable bonds is 9. The van der Waals surface area contributed by atoms with Crippen molar-refractivity contribution in [3.8, 4) is 0 Å². The van der Waals surface area contributed by atoms with Crippen molar-refractivity contribution >= 4 is 28.7 Å². The fourth-order valence-corrected chi connectivity index (χ4v) is 4.97. The Balaban J connectivity index is 1.40. The summed E-state index contributed by atoms with van der Waals surface area (Å²) in [5, 5.41) is 4.88. The first-order valence-corrected chi connectivity index (χ1v) is 12.4. The summed E-state index contributed by atoms with van der Waals surface area (Å²) in [5.41, 5.74) is 2.65. The fourth-order valence-electron chi connectivity index (χ4n) is 4.97. The number of aromatic nitrogens is 2. The molecular weight excluding hydrogens is 482 g/mol. The van der Waals surface area contributed by atoms with Crippen molar-refractivity contribution in [1.29, 1.82) is 0 Å². The minimum absolute atomic E-state index is 0.200. The minimum atomic E-state index is -0.871. The van der Waals surface area contributed by atoms with Crippen LogP contribution in [0.25, 0.3) is 10.8 Å². The first-order chi connectivity index (χ1) is 18.5. The number of carbonyl (C=O) groups excluding carboxylic acids is 3. The summed E-state index contributed by atoms with van der Waals surface area (Å²) in [6, 6.07) is 21.9. The van der Waals surface area contributed by atoms with Crippen LogP contribution in [-0.4, -0.2) is 63.9 Å². The summed E-state index contributed by atoms with van der Waals surface area (Å²) in [6.45, 7) is 0.551. The number of urea groups is 1. The third kappa shape index (κ3) is 5.36. The summed E-state index contributed by atoms with van der Waals surface area (Å²) >= 11 is 0. The van der Waals surface area contributed by atoms with Crippen LogP contribution in [0.1, 0.15) is 22.9 Å². The molecule has 194 valence electrons. The average molecular weight is 512 g/mol. The molecule has 4 aromatic rings. The molecule has 1 aliphatic rings. The second kappa shape index (κ2) is 11.2. The standard InChI is InChI=1S/C29H29N5O4/c1-38-28(36)25(14-20-8-3-2-4-9-20)32-27(35)18-34-26(17-33(29(34)37)16-22-15-30-19-31-22)24-13-7-11-21-10-5-6-12-23(21)24/h2-13,15,19,25-26H,14,16-18H2,1H3,(H,30,31)(H,32,35). The number of methoxy groups -OCH3 is 1. The Hall–Kier alpha value is -4.66. The molecule has 1 aliphatic heterocycles. The van der Waals surface area contributed by atoms with Crippen molar-refractivity contribution in [2.75, 3.05) is 20.2 Å². The highest BCUT2D eigenvalue weighted by molar-refractivity contribution is 5.91. The molecule has 1 aromatic heterocycles. The van der Waals surface area contributed by atoms with Crippen molar-refractivity contribution in [2.45, 2.75) is 25.0 Å². The minimum Gasteiger partial charge on any atom is -0.467 e. The van der Waals surface area contributed by atoms with Gasteiger partial charge in [-0.2, -0.15) is 0 Å².